The van der Waals surface area contributed by atoms with Gasteiger partial charge in [0.05, 0.1) is 25.1 Å². The van der Waals surface area contributed by atoms with Crippen LogP contribution in [0.15, 0.2) is 78.9 Å². The lowest BCUT2D eigenvalue weighted by Gasteiger charge is -2.25. The summed E-state index contributed by atoms with van der Waals surface area (Å²) in [6.45, 7) is 1.03. The van der Waals surface area contributed by atoms with Gasteiger partial charge in [0, 0.05) is 31.0 Å². The average Bonchev–Trinajstić information content (AvgIpc) is 3.41. The fourth-order valence-electron chi connectivity index (χ4n) is 3.84. The third-order valence-electron chi connectivity index (χ3n) is 5.39. The molecule has 2 heterocycles. The lowest BCUT2D eigenvalue weighted by molar-refractivity contribution is -0.139. The Balaban J connectivity index is 1.72. The first kappa shape index (κ1) is 20.4. The Morgan fingerprint density at radius 1 is 1.06 bits per heavy atom. The molecule has 7 nitrogen and oxygen atoms in total. The summed E-state index contributed by atoms with van der Waals surface area (Å²) in [4.78, 5) is 31.5. The fourth-order valence-corrected chi connectivity index (χ4v) is 3.84. The van der Waals surface area contributed by atoms with Crippen LogP contribution in [0, 0.1) is 0 Å². The van der Waals surface area contributed by atoms with Crippen molar-refractivity contribution in [3.63, 3.8) is 0 Å². The minimum absolute atomic E-state index is 0.101. The van der Waals surface area contributed by atoms with E-state index >= 15 is 0 Å². The van der Waals surface area contributed by atoms with Crippen molar-refractivity contribution in [3.8, 4) is 5.75 Å². The molecule has 158 valence electrons. The zero-order valence-electron chi connectivity index (χ0n) is 17.1. The van der Waals surface area contributed by atoms with Gasteiger partial charge in [0.15, 0.2) is 0 Å². The van der Waals surface area contributed by atoms with Crippen LogP contribution in [0.2, 0.25) is 0 Å². The maximum atomic E-state index is 13.0. The molecular weight excluding hydrogens is 394 g/mol. The van der Waals surface area contributed by atoms with Crippen LogP contribution < -0.4 is 4.74 Å². The molecule has 2 aromatic carbocycles. The van der Waals surface area contributed by atoms with Crippen LogP contribution in [0.3, 0.4) is 0 Å². The van der Waals surface area contributed by atoms with Gasteiger partial charge in [-0.25, -0.2) is 4.98 Å². The van der Waals surface area contributed by atoms with Crippen molar-refractivity contribution in [3.05, 3.63) is 90.0 Å². The third-order valence-corrected chi connectivity index (χ3v) is 5.39. The minimum Gasteiger partial charge on any atom is -0.507 e. The van der Waals surface area contributed by atoms with E-state index < -0.39 is 17.7 Å². The summed E-state index contributed by atoms with van der Waals surface area (Å²) in [7, 11) is 1.58. The Hall–Kier alpha value is -3.87. The number of aliphatic hydroxyl groups is 1. The number of aliphatic hydroxyl groups excluding tert-OH is 1. The van der Waals surface area contributed by atoms with Gasteiger partial charge in [0.1, 0.15) is 11.5 Å². The van der Waals surface area contributed by atoms with Crippen molar-refractivity contribution < 1.29 is 19.4 Å². The summed E-state index contributed by atoms with van der Waals surface area (Å²) in [6, 6.07) is 15.3. The van der Waals surface area contributed by atoms with Crippen molar-refractivity contribution in [1.82, 2.24) is 14.5 Å². The molecule has 0 spiro atoms. The lowest BCUT2D eigenvalue weighted by atomic mass is 9.95. The highest BCUT2D eigenvalue weighted by molar-refractivity contribution is 6.46. The molecule has 1 fully saturated rings. The molecule has 0 saturated carbocycles. The van der Waals surface area contributed by atoms with E-state index in [1.54, 1.807) is 56.0 Å². The highest BCUT2D eigenvalue weighted by atomic mass is 16.5. The Morgan fingerprint density at radius 3 is 2.45 bits per heavy atom. The largest absolute Gasteiger partial charge is 0.507 e. The van der Waals surface area contributed by atoms with Crippen LogP contribution in [0.25, 0.3) is 5.76 Å². The summed E-state index contributed by atoms with van der Waals surface area (Å²) >= 11 is 0. The first-order valence-corrected chi connectivity index (χ1v) is 10.0. The topological polar surface area (TPSA) is 84.7 Å². The van der Waals surface area contributed by atoms with Gasteiger partial charge in [-0.05, 0) is 24.1 Å². The second-order valence-electron chi connectivity index (χ2n) is 7.29. The summed E-state index contributed by atoms with van der Waals surface area (Å²) in [6.07, 6.45) is 5.90. The van der Waals surface area contributed by atoms with Crippen LogP contribution in [0.4, 0.5) is 0 Å². The molecule has 1 amide bonds. The Bertz CT molecular complexity index is 1090. The zero-order valence-corrected chi connectivity index (χ0v) is 17.1. The summed E-state index contributed by atoms with van der Waals surface area (Å²) in [5.74, 6) is -0.783. The second kappa shape index (κ2) is 8.87. The van der Waals surface area contributed by atoms with Crippen LogP contribution in [0.1, 0.15) is 23.6 Å². The summed E-state index contributed by atoms with van der Waals surface area (Å²) in [5, 5.41) is 11.0. The molecule has 1 saturated heterocycles. The van der Waals surface area contributed by atoms with Gasteiger partial charge >= 0.3 is 0 Å². The number of hydrogen-bond acceptors (Lipinski definition) is 5. The monoisotopic (exact) mass is 417 g/mol. The van der Waals surface area contributed by atoms with E-state index in [-0.39, 0.29) is 11.3 Å². The highest BCUT2D eigenvalue weighted by Gasteiger charge is 2.45. The van der Waals surface area contributed by atoms with Gasteiger partial charge in [0.25, 0.3) is 11.7 Å². The van der Waals surface area contributed by atoms with Crippen LogP contribution >= 0.6 is 0 Å². The van der Waals surface area contributed by atoms with Crippen molar-refractivity contribution >= 4 is 17.4 Å². The second-order valence-corrected chi connectivity index (χ2v) is 7.29. The standard InChI is InChI=1S/C24H23N3O4/c1-31-19-10-8-17(9-11-19)21-20(22(28)18-6-3-2-4-7-18)23(29)24(30)27(21)14-5-13-26-15-12-25-16-26/h2-4,6-12,15-16,21,28H,5,13-14H2,1H3/t21-/m1/s1. The Labute approximate surface area is 180 Å². The summed E-state index contributed by atoms with van der Waals surface area (Å²) in [5.41, 5.74) is 1.33. The first-order chi connectivity index (χ1) is 15.1. The maximum Gasteiger partial charge on any atom is 0.295 e. The molecule has 1 atom stereocenters. The maximum absolute atomic E-state index is 13.0. The molecule has 31 heavy (non-hydrogen) atoms. The van der Waals surface area contributed by atoms with E-state index in [1.165, 1.54) is 4.90 Å². The molecule has 1 aliphatic rings. The van der Waals surface area contributed by atoms with Crippen LogP contribution in [-0.2, 0) is 16.1 Å². The van der Waals surface area contributed by atoms with E-state index in [2.05, 4.69) is 4.98 Å². The van der Waals surface area contributed by atoms with Crippen molar-refractivity contribution in [2.45, 2.75) is 19.0 Å². The number of Topliss-reactive ketones (excluding diaryl/α,β-unsaturated/α-hetero) is 1. The molecule has 1 aliphatic heterocycles. The van der Waals surface area contributed by atoms with Crippen LogP contribution in [-0.4, -0.2) is 44.9 Å². The zero-order chi connectivity index (χ0) is 21.8. The van der Waals surface area contributed by atoms with Gasteiger partial charge < -0.3 is 19.3 Å². The van der Waals surface area contributed by atoms with E-state index in [0.29, 0.717) is 30.8 Å². The van der Waals surface area contributed by atoms with Crippen molar-refractivity contribution in [1.29, 1.82) is 0 Å². The van der Waals surface area contributed by atoms with Gasteiger partial charge in [-0.2, -0.15) is 0 Å². The quantitative estimate of drug-likeness (QED) is 0.362. The predicted molar refractivity (Wildman–Crippen MR) is 115 cm³/mol. The Kier molecular flexibility index (Phi) is 5.84. The van der Waals surface area contributed by atoms with Crippen LogP contribution in [0.5, 0.6) is 5.75 Å². The number of imidazole rings is 1. The van der Waals surface area contributed by atoms with Gasteiger partial charge in [0.2, 0.25) is 0 Å². The Morgan fingerprint density at radius 2 is 1.81 bits per heavy atom. The normalized spacial score (nSPS) is 17.8. The third kappa shape index (κ3) is 4.07. The molecule has 0 radical (unpaired) electrons. The molecule has 0 unspecified atom stereocenters. The number of carbonyl (C=O) groups is 2. The van der Waals surface area contributed by atoms with Gasteiger partial charge in [-0.3, -0.25) is 9.59 Å². The number of benzene rings is 2. The number of aromatic nitrogens is 2. The molecular formula is C24H23N3O4. The average molecular weight is 417 g/mol. The predicted octanol–water partition coefficient (Wildman–Crippen LogP) is 3.40. The number of aryl methyl sites for hydroxylation is 1. The molecule has 3 aromatic rings. The smallest absolute Gasteiger partial charge is 0.295 e. The van der Waals surface area contributed by atoms with E-state index in [0.717, 1.165) is 5.56 Å². The van der Waals surface area contributed by atoms with Gasteiger partial charge in [-0.1, -0.05) is 42.5 Å². The number of amides is 1. The molecule has 0 bridgehead atoms. The number of carbonyl (C=O) groups excluding carboxylic acids is 2. The number of likely N-dealkylation sites (tertiary alicyclic amines) is 1. The number of ether oxygens (including phenoxy) is 1. The van der Waals surface area contributed by atoms with E-state index in [4.69, 9.17) is 4.74 Å². The molecule has 4 rings (SSSR count). The highest BCUT2D eigenvalue weighted by Crippen LogP contribution is 2.39. The van der Waals surface area contributed by atoms with Crippen molar-refractivity contribution in [2.24, 2.45) is 0 Å². The summed E-state index contributed by atoms with van der Waals surface area (Å²) < 4.78 is 7.15. The first-order valence-electron chi connectivity index (χ1n) is 10.0. The molecule has 0 aliphatic carbocycles. The SMILES string of the molecule is COc1ccc([C@@H]2C(=C(O)c3ccccc3)C(=O)C(=O)N2CCCn2ccnc2)cc1. The minimum atomic E-state index is -0.676. The molecule has 1 aromatic heterocycles. The molecule has 7 heteroatoms. The van der Waals surface area contributed by atoms with Gasteiger partial charge in [-0.15, -0.1) is 0 Å². The fraction of sp³-hybridized carbons (Fsp3) is 0.208. The van der Waals surface area contributed by atoms with E-state index in [9.17, 15) is 14.7 Å². The van der Waals surface area contributed by atoms with Crippen molar-refractivity contribution in [2.75, 3.05) is 13.7 Å². The number of hydrogen-bond donors (Lipinski definition) is 1. The number of ketones is 1. The number of rotatable bonds is 7. The molecule has 1 N–H and O–H groups in total. The van der Waals surface area contributed by atoms with E-state index in [1.807, 2.05) is 29.0 Å². The number of methoxy groups -OCH3 is 1. The number of nitrogens with zero attached hydrogens (tertiary/aromatic N) is 3. The lowest BCUT2D eigenvalue weighted by Crippen LogP contribution is -2.31.